The van der Waals surface area contributed by atoms with E-state index in [9.17, 15) is 4.79 Å². The summed E-state index contributed by atoms with van der Waals surface area (Å²) in [6.45, 7) is 9.77. The van der Waals surface area contributed by atoms with E-state index < -0.39 is 0 Å². The summed E-state index contributed by atoms with van der Waals surface area (Å²) >= 11 is 0. The molecule has 0 radical (unpaired) electrons. The summed E-state index contributed by atoms with van der Waals surface area (Å²) in [5.41, 5.74) is 0. The lowest BCUT2D eigenvalue weighted by Gasteiger charge is -2.26. The molecule has 0 aromatic heterocycles. The highest BCUT2D eigenvalue weighted by Gasteiger charge is 2.10. The van der Waals surface area contributed by atoms with Crippen molar-refractivity contribution in [3.8, 4) is 0 Å². The van der Waals surface area contributed by atoms with Crippen LogP contribution < -0.4 is 5.32 Å². The number of hydrogen-bond acceptors (Lipinski definition) is 3. The molecule has 0 aromatic carbocycles. The van der Waals surface area contributed by atoms with E-state index in [0.717, 1.165) is 52.0 Å². The zero-order valence-electron chi connectivity index (χ0n) is 10.1. The number of ketones is 1. The van der Waals surface area contributed by atoms with Gasteiger partial charge in [-0.3, -0.25) is 4.79 Å². The first-order valence-electron chi connectivity index (χ1n) is 6.13. The van der Waals surface area contributed by atoms with Crippen LogP contribution in [-0.4, -0.2) is 43.4 Å². The monoisotopic (exact) mass is 212 g/mol. The lowest BCUT2D eigenvalue weighted by Crippen LogP contribution is -2.43. The van der Waals surface area contributed by atoms with E-state index in [4.69, 9.17) is 0 Å². The fraction of sp³-hybridized carbons (Fsp3) is 0.917. The minimum atomic E-state index is 0.431. The van der Waals surface area contributed by atoms with E-state index in [1.807, 2.05) is 0 Å². The molecule has 0 aliphatic carbocycles. The van der Waals surface area contributed by atoms with Gasteiger partial charge in [-0.1, -0.05) is 13.8 Å². The molecule has 1 saturated heterocycles. The molecule has 3 heteroatoms. The number of carbonyl (C=O) groups excluding carboxylic acids is 1. The van der Waals surface area contributed by atoms with Gasteiger partial charge in [-0.15, -0.1) is 0 Å². The minimum Gasteiger partial charge on any atom is -0.314 e. The molecule has 88 valence electrons. The molecule has 1 fully saturated rings. The van der Waals surface area contributed by atoms with Gasteiger partial charge >= 0.3 is 0 Å². The third-order valence-electron chi connectivity index (χ3n) is 2.78. The van der Waals surface area contributed by atoms with Crippen molar-refractivity contribution in [2.45, 2.75) is 33.1 Å². The zero-order chi connectivity index (χ0) is 11.1. The number of hydrogen-bond donors (Lipinski definition) is 1. The van der Waals surface area contributed by atoms with E-state index in [2.05, 4.69) is 24.1 Å². The smallest absolute Gasteiger partial charge is 0.133 e. The van der Waals surface area contributed by atoms with Crippen molar-refractivity contribution in [3.05, 3.63) is 0 Å². The predicted octanol–water partition coefficient (Wildman–Crippen LogP) is 1.29. The van der Waals surface area contributed by atoms with Gasteiger partial charge in [0, 0.05) is 39.0 Å². The molecule has 1 heterocycles. The molecule has 1 rings (SSSR count). The summed E-state index contributed by atoms with van der Waals surface area (Å²) in [4.78, 5) is 13.9. The van der Waals surface area contributed by atoms with Crippen molar-refractivity contribution >= 4 is 5.78 Å². The standard InChI is InChI=1S/C12H24N2O/c1-11(2)10-12(15)4-3-7-14-8-5-13-6-9-14/h11,13H,3-10H2,1-2H3. The van der Waals surface area contributed by atoms with Gasteiger partial charge in [-0.05, 0) is 18.9 Å². The van der Waals surface area contributed by atoms with Crippen LogP contribution in [0.5, 0.6) is 0 Å². The number of nitrogens with one attached hydrogen (secondary N) is 1. The van der Waals surface area contributed by atoms with Crippen molar-refractivity contribution in [2.75, 3.05) is 32.7 Å². The Hall–Kier alpha value is -0.410. The molecule has 0 unspecified atom stereocenters. The number of rotatable bonds is 6. The molecule has 1 N–H and O–H groups in total. The van der Waals surface area contributed by atoms with Gasteiger partial charge in [-0.25, -0.2) is 0 Å². The molecule has 0 aromatic rings. The highest BCUT2D eigenvalue weighted by Crippen LogP contribution is 2.05. The van der Waals surface area contributed by atoms with Crippen molar-refractivity contribution < 1.29 is 4.79 Å². The second-order valence-electron chi connectivity index (χ2n) is 4.83. The largest absolute Gasteiger partial charge is 0.314 e. The highest BCUT2D eigenvalue weighted by atomic mass is 16.1. The molecular formula is C12H24N2O. The summed E-state index contributed by atoms with van der Waals surface area (Å²) in [6, 6.07) is 0. The SMILES string of the molecule is CC(C)CC(=O)CCCN1CCNCC1. The van der Waals surface area contributed by atoms with Crippen LogP contribution in [0.4, 0.5) is 0 Å². The number of carbonyl (C=O) groups is 1. The number of Topliss-reactive ketones (excluding diaryl/α,β-unsaturated/α-hetero) is 1. The molecule has 15 heavy (non-hydrogen) atoms. The fourth-order valence-corrected chi connectivity index (χ4v) is 1.99. The van der Waals surface area contributed by atoms with Gasteiger partial charge in [0.1, 0.15) is 5.78 Å². The van der Waals surface area contributed by atoms with Crippen LogP contribution in [0, 0.1) is 5.92 Å². The molecule has 0 amide bonds. The summed E-state index contributed by atoms with van der Waals surface area (Å²) in [5, 5.41) is 3.33. The topological polar surface area (TPSA) is 32.3 Å². The fourth-order valence-electron chi connectivity index (χ4n) is 1.99. The predicted molar refractivity (Wildman–Crippen MR) is 63.0 cm³/mol. The van der Waals surface area contributed by atoms with Gasteiger partial charge in [-0.2, -0.15) is 0 Å². The first kappa shape index (κ1) is 12.7. The van der Waals surface area contributed by atoms with Crippen LogP contribution in [-0.2, 0) is 4.79 Å². The molecule has 0 spiro atoms. The van der Waals surface area contributed by atoms with Gasteiger partial charge < -0.3 is 10.2 Å². The average molecular weight is 212 g/mol. The van der Waals surface area contributed by atoms with Crippen molar-refractivity contribution in [1.29, 1.82) is 0 Å². The Morgan fingerprint density at radius 2 is 2.00 bits per heavy atom. The number of nitrogens with zero attached hydrogens (tertiary/aromatic N) is 1. The van der Waals surface area contributed by atoms with Gasteiger partial charge in [0.2, 0.25) is 0 Å². The summed E-state index contributed by atoms with van der Waals surface area (Å²) in [7, 11) is 0. The van der Waals surface area contributed by atoms with Crippen molar-refractivity contribution in [3.63, 3.8) is 0 Å². The van der Waals surface area contributed by atoms with Gasteiger partial charge in [0.05, 0.1) is 0 Å². The van der Waals surface area contributed by atoms with Crippen LogP contribution in [0.25, 0.3) is 0 Å². The summed E-state index contributed by atoms with van der Waals surface area (Å²) in [6.07, 6.45) is 2.55. The second-order valence-corrected chi connectivity index (χ2v) is 4.83. The summed E-state index contributed by atoms with van der Waals surface area (Å²) in [5.74, 6) is 0.942. The highest BCUT2D eigenvalue weighted by molar-refractivity contribution is 5.78. The van der Waals surface area contributed by atoms with E-state index >= 15 is 0 Å². The second kappa shape index (κ2) is 6.96. The zero-order valence-corrected chi connectivity index (χ0v) is 10.1. The molecule has 0 atom stereocenters. The van der Waals surface area contributed by atoms with Gasteiger partial charge in [0.25, 0.3) is 0 Å². The van der Waals surface area contributed by atoms with Crippen LogP contribution in [0.3, 0.4) is 0 Å². The first-order chi connectivity index (χ1) is 7.18. The minimum absolute atomic E-state index is 0.431. The quantitative estimate of drug-likeness (QED) is 0.720. The molecule has 1 aliphatic heterocycles. The molecule has 1 aliphatic rings. The Labute approximate surface area is 93.2 Å². The third kappa shape index (κ3) is 5.90. The lowest BCUT2D eigenvalue weighted by atomic mass is 10.0. The Balaban J connectivity index is 2.02. The number of piperazine rings is 1. The van der Waals surface area contributed by atoms with Crippen molar-refractivity contribution in [1.82, 2.24) is 10.2 Å². The van der Waals surface area contributed by atoms with Gasteiger partial charge in [0.15, 0.2) is 0 Å². The maximum absolute atomic E-state index is 11.5. The van der Waals surface area contributed by atoms with Crippen LogP contribution in [0.2, 0.25) is 0 Å². The average Bonchev–Trinajstić information content (AvgIpc) is 2.18. The molecule has 0 saturated carbocycles. The van der Waals surface area contributed by atoms with Crippen LogP contribution >= 0.6 is 0 Å². The normalized spacial score (nSPS) is 18.3. The molecule has 3 nitrogen and oxygen atoms in total. The van der Waals surface area contributed by atoms with Crippen LogP contribution in [0.1, 0.15) is 33.1 Å². The third-order valence-corrected chi connectivity index (χ3v) is 2.78. The molecule has 0 bridgehead atoms. The first-order valence-corrected chi connectivity index (χ1v) is 6.13. The maximum Gasteiger partial charge on any atom is 0.133 e. The van der Waals surface area contributed by atoms with Crippen LogP contribution in [0.15, 0.2) is 0 Å². The Morgan fingerprint density at radius 3 is 2.60 bits per heavy atom. The molecular weight excluding hydrogens is 188 g/mol. The van der Waals surface area contributed by atoms with E-state index in [-0.39, 0.29) is 0 Å². The van der Waals surface area contributed by atoms with E-state index in [1.54, 1.807) is 0 Å². The lowest BCUT2D eigenvalue weighted by molar-refractivity contribution is -0.119. The Kier molecular flexibility index (Phi) is 5.88. The van der Waals surface area contributed by atoms with Crippen molar-refractivity contribution in [2.24, 2.45) is 5.92 Å². The van der Waals surface area contributed by atoms with E-state index in [0.29, 0.717) is 11.7 Å². The Bertz CT molecular complexity index is 186. The maximum atomic E-state index is 11.5. The summed E-state index contributed by atoms with van der Waals surface area (Å²) < 4.78 is 0. The van der Waals surface area contributed by atoms with E-state index in [1.165, 1.54) is 0 Å². The Morgan fingerprint density at radius 1 is 1.33 bits per heavy atom.